The van der Waals surface area contributed by atoms with Crippen LogP contribution in [0, 0.1) is 0 Å². The van der Waals surface area contributed by atoms with Crippen molar-refractivity contribution in [3.63, 3.8) is 0 Å². The van der Waals surface area contributed by atoms with E-state index in [2.05, 4.69) is 49.5 Å². The van der Waals surface area contributed by atoms with Gasteiger partial charge < -0.3 is 0 Å². The Morgan fingerprint density at radius 3 is 3.00 bits per heavy atom. The molecule has 0 amide bonds. The van der Waals surface area contributed by atoms with E-state index >= 15 is 0 Å². The Hall–Kier alpha value is -1.04. The van der Waals surface area contributed by atoms with Crippen molar-refractivity contribution in [2.24, 2.45) is 0 Å². The van der Waals surface area contributed by atoms with Crippen LogP contribution in [0.15, 0.2) is 48.1 Å². The van der Waals surface area contributed by atoms with Crippen LogP contribution in [-0.2, 0) is 0 Å². The van der Waals surface area contributed by atoms with Gasteiger partial charge in [-0.25, -0.2) is 0 Å². The summed E-state index contributed by atoms with van der Waals surface area (Å²) in [7, 11) is 0. The third-order valence-corrected chi connectivity index (χ3v) is 1.81. The van der Waals surface area contributed by atoms with Crippen LogP contribution >= 0.6 is 0 Å². The van der Waals surface area contributed by atoms with Gasteiger partial charge in [0.25, 0.3) is 0 Å². The van der Waals surface area contributed by atoms with E-state index in [4.69, 9.17) is 0 Å². The molecule has 12 heavy (non-hydrogen) atoms. The minimum absolute atomic E-state index is 1.08. The summed E-state index contributed by atoms with van der Waals surface area (Å²) in [4.78, 5) is 0. The van der Waals surface area contributed by atoms with E-state index < -0.39 is 0 Å². The van der Waals surface area contributed by atoms with E-state index in [-0.39, 0.29) is 0 Å². The predicted molar refractivity (Wildman–Crippen MR) is 55.0 cm³/mol. The van der Waals surface area contributed by atoms with Gasteiger partial charge >= 0.3 is 0 Å². The standard InChI is InChI=1S/C12H16/c1-2-3-4-6-9-12-10-7-5-8-11-12/h4-10H,2-3,11H2,1H3/b6-4-,12-9-. The number of rotatable bonds is 3. The Morgan fingerprint density at radius 2 is 2.33 bits per heavy atom. The zero-order valence-corrected chi connectivity index (χ0v) is 7.66. The molecule has 0 aromatic heterocycles. The molecule has 0 saturated carbocycles. The lowest BCUT2D eigenvalue weighted by Gasteiger charge is -1.98. The average Bonchev–Trinajstić information content (AvgIpc) is 2.14. The Balaban J connectivity index is 2.36. The molecule has 1 rings (SSSR count). The van der Waals surface area contributed by atoms with E-state index in [9.17, 15) is 0 Å². The summed E-state index contributed by atoms with van der Waals surface area (Å²) in [6.45, 7) is 2.20. The first-order valence-corrected chi connectivity index (χ1v) is 4.62. The first kappa shape index (κ1) is 9.05. The summed E-state index contributed by atoms with van der Waals surface area (Å²) in [5.74, 6) is 0. The molecule has 0 nitrogen and oxygen atoms in total. The number of hydrogen-bond donors (Lipinski definition) is 0. The molecule has 0 fully saturated rings. The van der Waals surface area contributed by atoms with Gasteiger partial charge in [-0.3, -0.25) is 0 Å². The fourth-order valence-corrected chi connectivity index (χ4v) is 1.11. The molecule has 0 aliphatic heterocycles. The Labute approximate surface area is 75.0 Å². The maximum atomic E-state index is 2.22. The van der Waals surface area contributed by atoms with E-state index in [0.29, 0.717) is 0 Å². The van der Waals surface area contributed by atoms with Crippen LogP contribution in [0.1, 0.15) is 26.2 Å². The van der Waals surface area contributed by atoms with E-state index in [1.807, 2.05) is 0 Å². The second-order valence-corrected chi connectivity index (χ2v) is 2.95. The molecule has 0 bridgehead atoms. The lowest BCUT2D eigenvalue weighted by Crippen LogP contribution is -1.78. The molecule has 0 unspecified atom stereocenters. The second-order valence-electron chi connectivity index (χ2n) is 2.95. The molecule has 0 spiro atoms. The molecule has 0 heteroatoms. The van der Waals surface area contributed by atoms with Gasteiger partial charge in [0.2, 0.25) is 0 Å². The van der Waals surface area contributed by atoms with E-state index in [1.165, 1.54) is 18.4 Å². The van der Waals surface area contributed by atoms with E-state index in [1.54, 1.807) is 0 Å². The second kappa shape index (κ2) is 5.59. The van der Waals surface area contributed by atoms with Gasteiger partial charge in [0, 0.05) is 0 Å². The third kappa shape index (κ3) is 3.38. The highest BCUT2D eigenvalue weighted by Crippen LogP contribution is 2.09. The summed E-state index contributed by atoms with van der Waals surface area (Å²) < 4.78 is 0. The molecular formula is C12H16. The normalized spacial score (nSPS) is 19.6. The van der Waals surface area contributed by atoms with Crippen molar-refractivity contribution in [2.75, 3.05) is 0 Å². The minimum atomic E-state index is 1.08. The van der Waals surface area contributed by atoms with Crippen LogP contribution in [-0.4, -0.2) is 0 Å². The molecule has 0 N–H and O–H groups in total. The van der Waals surface area contributed by atoms with Crippen LogP contribution < -0.4 is 0 Å². The summed E-state index contributed by atoms with van der Waals surface area (Å²) in [5, 5.41) is 0. The maximum absolute atomic E-state index is 2.22. The molecule has 0 aromatic rings. The lowest BCUT2D eigenvalue weighted by molar-refractivity contribution is 0.958. The van der Waals surface area contributed by atoms with Crippen molar-refractivity contribution in [1.29, 1.82) is 0 Å². The Kier molecular flexibility index (Phi) is 4.22. The highest BCUT2D eigenvalue weighted by molar-refractivity contribution is 5.31. The highest BCUT2D eigenvalue weighted by atomic mass is 13.9. The van der Waals surface area contributed by atoms with Crippen molar-refractivity contribution in [3.8, 4) is 0 Å². The average molecular weight is 160 g/mol. The predicted octanol–water partition coefficient (Wildman–Crippen LogP) is 3.79. The number of hydrogen-bond acceptors (Lipinski definition) is 0. The lowest BCUT2D eigenvalue weighted by atomic mass is 10.1. The molecule has 0 atom stereocenters. The van der Waals surface area contributed by atoms with Crippen LogP contribution in [0.25, 0.3) is 0 Å². The van der Waals surface area contributed by atoms with E-state index in [0.717, 1.165) is 6.42 Å². The molecule has 0 radical (unpaired) electrons. The zero-order chi connectivity index (χ0) is 8.65. The fraction of sp³-hybridized carbons (Fsp3) is 0.333. The van der Waals surface area contributed by atoms with Crippen molar-refractivity contribution >= 4 is 0 Å². The summed E-state index contributed by atoms with van der Waals surface area (Å²) >= 11 is 0. The van der Waals surface area contributed by atoms with Gasteiger partial charge in [-0.05, 0) is 18.4 Å². The molecule has 0 saturated heterocycles. The van der Waals surface area contributed by atoms with Gasteiger partial charge in [-0.2, -0.15) is 0 Å². The quantitative estimate of drug-likeness (QED) is 0.589. The molecule has 0 heterocycles. The summed E-state index contributed by atoms with van der Waals surface area (Å²) in [5.41, 5.74) is 1.39. The number of unbranched alkanes of at least 4 members (excludes halogenated alkanes) is 1. The van der Waals surface area contributed by atoms with Gasteiger partial charge in [0.05, 0.1) is 0 Å². The third-order valence-electron chi connectivity index (χ3n) is 1.81. The topological polar surface area (TPSA) is 0 Å². The minimum Gasteiger partial charge on any atom is -0.0845 e. The van der Waals surface area contributed by atoms with Crippen molar-refractivity contribution in [1.82, 2.24) is 0 Å². The molecule has 1 aliphatic rings. The first-order valence-electron chi connectivity index (χ1n) is 4.62. The van der Waals surface area contributed by atoms with Crippen molar-refractivity contribution in [3.05, 3.63) is 48.1 Å². The molecule has 64 valence electrons. The maximum Gasteiger partial charge on any atom is -0.00943 e. The Bertz CT molecular complexity index is 226. The molecule has 0 aromatic carbocycles. The van der Waals surface area contributed by atoms with Crippen LogP contribution in [0.5, 0.6) is 0 Å². The van der Waals surface area contributed by atoms with Gasteiger partial charge in [0.15, 0.2) is 0 Å². The largest absolute Gasteiger partial charge is 0.0845 e. The number of allylic oxidation sites excluding steroid dienone is 8. The van der Waals surface area contributed by atoms with Crippen LogP contribution in [0.3, 0.4) is 0 Å². The van der Waals surface area contributed by atoms with Gasteiger partial charge in [-0.1, -0.05) is 55.9 Å². The zero-order valence-electron chi connectivity index (χ0n) is 7.66. The van der Waals surface area contributed by atoms with Crippen molar-refractivity contribution in [2.45, 2.75) is 26.2 Å². The molecular weight excluding hydrogens is 144 g/mol. The summed E-state index contributed by atoms with van der Waals surface area (Å²) in [6, 6.07) is 0. The van der Waals surface area contributed by atoms with Crippen LogP contribution in [0.2, 0.25) is 0 Å². The smallest absolute Gasteiger partial charge is 0.00943 e. The first-order chi connectivity index (χ1) is 5.93. The SMILES string of the molecule is CCC/C=C\C=C1\C=CC=CC1. The fourth-order valence-electron chi connectivity index (χ4n) is 1.11. The monoisotopic (exact) mass is 160 g/mol. The van der Waals surface area contributed by atoms with Gasteiger partial charge in [0.1, 0.15) is 0 Å². The molecule has 1 aliphatic carbocycles. The van der Waals surface area contributed by atoms with Gasteiger partial charge in [-0.15, -0.1) is 0 Å². The van der Waals surface area contributed by atoms with Crippen molar-refractivity contribution < 1.29 is 0 Å². The van der Waals surface area contributed by atoms with Crippen LogP contribution in [0.4, 0.5) is 0 Å². The summed E-state index contributed by atoms with van der Waals surface area (Å²) in [6.07, 6.45) is 18.6. The highest BCUT2D eigenvalue weighted by Gasteiger charge is 1.89. The Morgan fingerprint density at radius 1 is 1.42 bits per heavy atom.